The summed E-state index contributed by atoms with van der Waals surface area (Å²) in [6, 6.07) is 0. The minimum absolute atomic E-state index is 0.130. The molecule has 0 rings (SSSR count). The molecule has 0 aliphatic carbocycles. The standard InChI is InChI=1S/C5H12O2Si/c1-2-7-4-3-5(6)8/h2,5-6H,1,3-4H2,8H3. The van der Waals surface area contributed by atoms with Crippen LogP contribution in [0.15, 0.2) is 12.8 Å². The molecule has 0 amide bonds. The average molecular weight is 132 g/mol. The Balaban J connectivity index is 2.81. The smallest absolute Gasteiger partial charge is 0.0894 e. The van der Waals surface area contributed by atoms with Crippen LogP contribution in [-0.2, 0) is 4.74 Å². The monoisotopic (exact) mass is 132 g/mol. The van der Waals surface area contributed by atoms with Gasteiger partial charge in [0.2, 0.25) is 0 Å². The first-order chi connectivity index (χ1) is 3.77. The van der Waals surface area contributed by atoms with E-state index in [-0.39, 0.29) is 5.73 Å². The van der Waals surface area contributed by atoms with Gasteiger partial charge in [0, 0.05) is 22.4 Å². The van der Waals surface area contributed by atoms with Gasteiger partial charge in [-0.05, 0) is 0 Å². The van der Waals surface area contributed by atoms with Crippen molar-refractivity contribution in [2.75, 3.05) is 6.61 Å². The molecule has 48 valence electrons. The fourth-order valence-corrected chi connectivity index (χ4v) is 0.558. The molecule has 0 spiro atoms. The van der Waals surface area contributed by atoms with Crippen molar-refractivity contribution in [1.82, 2.24) is 0 Å². The molecule has 0 saturated carbocycles. The van der Waals surface area contributed by atoms with Crippen LogP contribution in [0.4, 0.5) is 0 Å². The first-order valence-electron chi connectivity index (χ1n) is 2.68. The number of aliphatic hydroxyl groups is 1. The lowest BCUT2D eigenvalue weighted by Crippen LogP contribution is -2.07. The van der Waals surface area contributed by atoms with Gasteiger partial charge >= 0.3 is 0 Å². The van der Waals surface area contributed by atoms with E-state index >= 15 is 0 Å². The molecule has 8 heavy (non-hydrogen) atoms. The Morgan fingerprint density at radius 3 is 2.88 bits per heavy atom. The highest BCUT2D eigenvalue weighted by Gasteiger charge is 1.91. The van der Waals surface area contributed by atoms with E-state index in [2.05, 4.69) is 6.58 Å². The second-order valence-electron chi connectivity index (χ2n) is 1.68. The van der Waals surface area contributed by atoms with E-state index in [9.17, 15) is 0 Å². The molecule has 1 N–H and O–H groups in total. The maximum atomic E-state index is 8.73. The summed E-state index contributed by atoms with van der Waals surface area (Å²) in [6.07, 6.45) is 2.13. The summed E-state index contributed by atoms with van der Waals surface area (Å²) in [7, 11) is 0.827. The first-order valence-corrected chi connectivity index (χ1v) is 3.83. The molecular formula is C5H12O2Si. The van der Waals surface area contributed by atoms with Crippen LogP contribution in [-0.4, -0.2) is 27.7 Å². The largest absolute Gasteiger partial charge is 0.502 e. The Bertz CT molecular complexity index is 63.4. The van der Waals surface area contributed by atoms with Gasteiger partial charge in [0.1, 0.15) is 0 Å². The highest BCUT2D eigenvalue weighted by Crippen LogP contribution is 1.85. The minimum Gasteiger partial charge on any atom is -0.502 e. The Hall–Kier alpha value is -0.283. The number of aliphatic hydroxyl groups excluding tert-OH is 1. The molecule has 0 bridgehead atoms. The Morgan fingerprint density at radius 1 is 1.88 bits per heavy atom. The van der Waals surface area contributed by atoms with Crippen LogP contribution >= 0.6 is 0 Å². The maximum Gasteiger partial charge on any atom is 0.0894 e. The number of rotatable bonds is 4. The van der Waals surface area contributed by atoms with Gasteiger partial charge in [-0.25, -0.2) is 0 Å². The van der Waals surface area contributed by atoms with Crippen molar-refractivity contribution < 1.29 is 9.84 Å². The van der Waals surface area contributed by atoms with Crippen LogP contribution in [0.2, 0.25) is 0 Å². The number of hydrogen-bond acceptors (Lipinski definition) is 2. The van der Waals surface area contributed by atoms with Crippen molar-refractivity contribution in [3.63, 3.8) is 0 Å². The van der Waals surface area contributed by atoms with Crippen molar-refractivity contribution in [1.29, 1.82) is 0 Å². The Kier molecular flexibility index (Phi) is 4.69. The Morgan fingerprint density at radius 2 is 2.50 bits per heavy atom. The topological polar surface area (TPSA) is 29.5 Å². The van der Waals surface area contributed by atoms with Crippen LogP contribution in [0.1, 0.15) is 6.42 Å². The molecule has 0 radical (unpaired) electrons. The van der Waals surface area contributed by atoms with Crippen molar-refractivity contribution in [3.05, 3.63) is 12.8 Å². The summed E-state index contributed by atoms with van der Waals surface area (Å²) < 4.78 is 4.77. The van der Waals surface area contributed by atoms with Crippen molar-refractivity contribution in [3.8, 4) is 0 Å². The fraction of sp³-hybridized carbons (Fsp3) is 0.600. The fourth-order valence-electron chi connectivity index (χ4n) is 0.322. The normalized spacial score (nSPS) is 13.1. The van der Waals surface area contributed by atoms with Crippen LogP contribution in [0.3, 0.4) is 0 Å². The molecule has 2 nitrogen and oxygen atoms in total. The van der Waals surface area contributed by atoms with Crippen LogP contribution in [0.5, 0.6) is 0 Å². The predicted octanol–water partition coefficient (Wildman–Crippen LogP) is -0.780. The quantitative estimate of drug-likeness (QED) is 0.309. The molecule has 0 aromatic rings. The van der Waals surface area contributed by atoms with Gasteiger partial charge in [0.15, 0.2) is 0 Å². The Labute approximate surface area is 52.6 Å². The zero-order valence-corrected chi connectivity index (χ0v) is 7.13. The lowest BCUT2D eigenvalue weighted by Gasteiger charge is -2.01. The zero-order valence-electron chi connectivity index (χ0n) is 5.13. The summed E-state index contributed by atoms with van der Waals surface area (Å²) >= 11 is 0. The van der Waals surface area contributed by atoms with E-state index in [1.807, 2.05) is 0 Å². The maximum absolute atomic E-state index is 8.73. The summed E-state index contributed by atoms with van der Waals surface area (Å²) in [4.78, 5) is 0. The van der Waals surface area contributed by atoms with Crippen LogP contribution < -0.4 is 0 Å². The van der Waals surface area contributed by atoms with Gasteiger partial charge in [0.05, 0.1) is 12.9 Å². The highest BCUT2D eigenvalue weighted by atomic mass is 28.1. The minimum atomic E-state index is -0.130. The molecule has 0 aromatic carbocycles. The van der Waals surface area contributed by atoms with Gasteiger partial charge in [-0.2, -0.15) is 0 Å². The lowest BCUT2D eigenvalue weighted by atomic mass is 10.5. The molecule has 1 unspecified atom stereocenters. The highest BCUT2D eigenvalue weighted by molar-refractivity contribution is 6.10. The van der Waals surface area contributed by atoms with Gasteiger partial charge < -0.3 is 9.84 Å². The molecule has 0 aromatic heterocycles. The van der Waals surface area contributed by atoms with E-state index in [1.54, 1.807) is 0 Å². The number of ether oxygens (including phenoxy) is 1. The van der Waals surface area contributed by atoms with Gasteiger partial charge in [-0.15, -0.1) is 0 Å². The second kappa shape index (κ2) is 4.87. The van der Waals surface area contributed by atoms with Gasteiger partial charge in [-0.1, -0.05) is 6.58 Å². The third kappa shape index (κ3) is 5.72. The van der Waals surface area contributed by atoms with Crippen molar-refractivity contribution >= 4 is 10.2 Å². The molecule has 0 fully saturated rings. The third-order valence-electron chi connectivity index (χ3n) is 0.771. The first kappa shape index (κ1) is 7.72. The molecule has 3 heteroatoms. The third-order valence-corrected chi connectivity index (χ3v) is 1.35. The molecule has 0 heterocycles. The van der Waals surface area contributed by atoms with Crippen LogP contribution in [0.25, 0.3) is 0 Å². The van der Waals surface area contributed by atoms with E-state index < -0.39 is 0 Å². The number of hydrogen-bond donors (Lipinski definition) is 1. The molecule has 0 saturated heterocycles. The summed E-state index contributed by atoms with van der Waals surface area (Å²) in [5, 5.41) is 8.73. The summed E-state index contributed by atoms with van der Waals surface area (Å²) in [5.74, 6) is 0. The lowest BCUT2D eigenvalue weighted by molar-refractivity contribution is 0.178. The average Bonchev–Trinajstić information content (AvgIpc) is 1.66. The second-order valence-corrected chi connectivity index (χ2v) is 3.01. The summed E-state index contributed by atoms with van der Waals surface area (Å²) in [6.45, 7) is 3.96. The molecule has 1 atom stereocenters. The molecule has 0 aliphatic heterocycles. The van der Waals surface area contributed by atoms with E-state index in [0.29, 0.717) is 6.61 Å². The van der Waals surface area contributed by atoms with Gasteiger partial charge in [0.25, 0.3) is 0 Å². The molecule has 0 aliphatic rings. The van der Waals surface area contributed by atoms with E-state index in [1.165, 1.54) is 6.26 Å². The van der Waals surface area contributed by atoms with Crippen LogP contribution in [0, 0.1) is 0 Å². The zero-order chi connectivity index (χ0) is 6.41. The van der Waals surface area contributed by atoms with Crippen molar-refractivity contribution in [2.45, 2.75) is 12.1 Å². The predicted molar refractivity (Wildman–Crippen MR) is 36.7 cm³/mol. The van der Waals surface area contributed by atoms with Crippen molar-refractivity contribution in [2.24, 2.45) is 0 Å². The SMILES string of the molecule is C=COCCC(O)[SiH3]. The molecular weight excluding hydrogens is 120 g/mol. The summed E-state index contributed by atoms with van der Waals surface area (Å²) in [5.41, 5.74) is -0.130. The van der Waals surface area contributed by atoms with E-state index in [0.717, 1.165) is 16.7 Å². The van der Waals surface area contributed by atoms with Gasteiger partial charge in [-0.3, -0.25) is 0 Å². The van der Waals surface area contributed by atoms with E-state index in [4.69, 9.17) is 9.84 Å².